The van der Waals surface area contributed by atoms with Crippen LogP contribution in [-0.2, 0) is 0 Å². The van der Waals surface area contributed by atoms with E-state index in [1.54, 1.807) is 0 Å². The smallest absolute Gasteiger partial charge is 0.225 e. The molecule has 1 aliphatic carbocycles. The van der Waals surface area contributed by atoms with Crippen molar-refractivity contribution in [3.63, 3.8) is 0 Å². The third-order valence-corrected chi connectivity index (χ3v) is 4.83. The summed E-state index contributed by atoms with van der Waals surface area (Å²) in [6.07, 6.45) is 7.66. The fraction of sp³-hybridized carbons (Fsp3) is 0.750. The van der Waals surface area contributed by atoms with Crippen molar-refractivity contribution in [2.45, 2.75) is 32.2 Å². The molecule has 0 spiro atoms. The molecule has 2 aliphatic rings. The normalized spacial score (nSPS) is 26.6. The van der Waals surface area contributed by atoms with E-state index in [4.69, 9.17) is 0 Å². The average molecular weight is 289 g/mol. The van der Waals surface area contributed by atoms with Crippen molar-refractivity contribution in [3.05, 3.63) is 18.5 Å². The third kappa shape index (κ3) is 3.52. The molecular formula is C16H27N5. The first-order valence-corrected chi connectivity index (χ1v) is 8.35. The standard InChI is InChI=1S/C16H27N5/c1-2-6-17-13-14-4-5-15(14)20-9-11-21(12-10-20)16-18-7-3-8-19-16/h3,7-8,14-15,17H,2,4-6,9-13H2,1H3. The Morgan fingerprint density at radius 1 is 1.14 bits per heavy atom. The van der Waals surface area contributed by atoms with Crippen LogP contribution < -0.4 is 10.2 Å². The van der Waals surface area contributed by atoms with Gasteiger partial charge in [-0.3, -0.25) is 4.90 Å². The van der Waals surface area contributed by atoms with Gasteiger partial charge in [0, 0.05) is 44.6 Å². The van der Waals surface area contributed by atoms with Gasteiger partial charge >= 0.3 is 0 Å². The van der Waals surface area contributed by atoms with Gasteiger partial charge in [-0.15, -0.1) is 0 Å². The lowest BCUT2D eigenvalue weighted by molar-refractivity contribution is 0.0571. The van der Waals surface area contributed by atoms with Gasteiger partial charge in [0.2, 0.25) is 5.95 Å². The predicted octanol–water partition coefficient (Wildman–Crippen LogP) is 1.38. The molecule has 2 heterocycles. The molecule has 2 atom stereocenters. The number of hydrogen-bond acceptors (Lipinski definition) is 5. The monoisotopic (exact) mass is 289 g/mol. The number of nitrogens with zero attached hydrogens (tertiary/aromatic N) is 4. The predicted molar refractivity (Wildman–Crippen MR) is 85.5 cm³/mol. The zero-order chi connectivity index (χ0) is 14.5. The van der Waals surface area contributed by atoms with Crippen molar-refractivity contribution < 1.29 is 0 Å². The molecule has 1 saturated heterocycles. The van der Waals surface area contributed by atoms with Crippen molar-refractivity contribution in [2.24, 2.45) is 5.92 Å². The summed E-state index contributed by atoms with van der Waals surface area (Å²) >= 11 is 0. The van der Waals surface area contributed by atoms with Crippen LogP contribution in [0.5, 0.6) is 0 Å². The van der Waals surface area contributed by atoms with E-state index in [1.165, 1.54) is 25.8 Å². The van der Waals surface area contributed by atoms with Crippen LogP contribution >= 0.6 is 0 Å². The molecule has 1 aromatic rings. The third-order valence-electron chi connectivity index (χ3n) is 4.83. The molecule has 1 aliphatic heterocycles. The molecule has 1 N–H and O–H groups in total. The van der Waals surface area contributed by atoms with Crippen LogP contribution in [0, 0.1) is 5.92 Å². The summed E-state index contributed by atoms with van der Waals surface area (Å²) in [4.78, 5) is 13.7. The molecule has 5 heteroatoms. The highest BCUT2D eigenvalue weighted by molar-refractivity contribution is 5.29. The van der Waals surface area contributed by atoms with Gasteiger partial charge in [-0.25, -0.2) is 9.97 Å². The van der Waals surface area contributed by atoms with Crippen molar-refractivity contribution in [1.29, 1.82) is 0 Å². The number of hydrogen-bond donors (Lipinski definition) is 1. The van der Waals surface area contributed by atoms with Crippen LogP contribution in [0.3, 0.4) is 0 Å². The fourth-order valence-corrected chi connectivity index (χ4v) is 3.44. The van der Waals surface area contributed by atoms with Crippen molar-refractivity contribution in [1.82, 2.24) is 20.2 Å². The molecule has 0 amide bonds. The van der Waals surface area contributed by atoms with E-state index in [2.05, 4.69) is 32.0 Å². The van der Waals surface area contributed by atoms with E-state index in [0.29, 0.717) is 0 Å². The Morgan fingerprint density at radius 3 is 2.52 bits per heavy atom. The van der Waals surface area contributed by atoms with E-state index < -0.39 is 0 Å². The largest absolute Gasteiger partial charge is 0.338 e. The maximum Gasteiger partial charge on any atom is 0.225 e. The summed E-state index contributed by atoms with van der Waals surface area (Å²) in [6, 6.07) is 2.68. The summed E-state index contributed by atoms with van der Waals surface area (Å²) in [5.74, 6) is 1.74. The van der Waals surface area contributed by atoms with Gasteiger partial charge in [0.1, 0.15) is 0 Å². The molecule has 0 bridgehead atoms. The Balaban J connectivity index is 1.45. The van der Waals surface area contributed by atoms with Crippen LogP contribution in [0.25, 0.3) is 0 Å². The maximum atomic E-state index is 4.36. The average Bonchev–Trinajstić information content (AvgIpc) is 2.52. The van der Waals surface area contributed by atoms with Crippen LogP contribution in [0.2, 0.25) is 0 Å². The molecule has 5 nitrogen and oxygen atoms in total. The van der Waals surface area contributed by atoms with Crippen molar-refractivity contribution in [3.8, 4) is 0 Å². The van der Waals surface area contributed by atoms with Gasteiger partial charge in [0.15, 0.2) is 0 Å². The molecule has 2 fully saturated rings. The summed E-state index contributed by atoms with van der Waals surface area (Å²) < 4.78 is 0. The minimum atomic E-state index is 0.799. The van der Waals surface area contributed by atoms with Gasteiger partial charge in [-0.1, -0.05) is 6.92 Å². The van der Waals surface area contributed by atoms with Crippen LogP contribution in [0.4, 0.5) is 5.95 Å². The lowest BCUT2D eigenvalue weighted by Crippen LogP contribution is -2.57. The van der Waals surface area contributed by atoms with Gasteiger partial charge in [0.05, 0.1) is 0 Å². The lowest BCUT2D eigenvalue weighted by atomic mass is 9.78. The second-order valence-corrected chi connectivity index (χ2v) is 6.18. The van der Waals surface area contributed by atoms with E-state index in [9.17, 15) is 0 Å². The van der Waals surface area contributed by atoms with Crippen molar-refractivity contribution in [2.75, 3.05) is 44.2 Å². The first-order chi connectivity index (χ1) is 10.4. The zero-order valence-electron chi connectivity index (χ0n) is 13.0. The Bertz CT molecular complexity index is 416. The fourth-order valence-electron chi connectivity index (χ4n) is 3.44. The van der Waals surface area contributed by atoms with E-state index in [1.807, 2.05) is 18.5 Å². The van der Waals surface area contributed by atoms with Gasteiger partial charge in [-0.2, -0.15) is 0 Å². The van der Waals surface area contributed by atoms with Crippen LogP contribution in [0.15, 0.2) is 18.5 Å². The SMILES string of the molecule is CCCNCC1CCC1N1CCN(c2ncccn2)CC1. The van der Waals surface area contributed by atoms with E-state index >= 15 is 0 Å². The molecule has 0 radical (unpaired) electrons. The maximum absolute atomic E-state index is 4.36. The first-order valence-electron chi connectivity index (χ1n) is 8.35. The van der Waals surface area contributed by atoms with Crippen LogP contribution in [0.1, 0.15) is 26.2 Å². The molecular weight excluding hydrogens is 262 g/mol. The zero-order valence-corrected chi connectivity index (χ0v) is 13.0. The Hall–Kier alpha value is -1.20. The van der Waals surface area contributed by atoms with Crippen molar-refractivity contribution >= 4 is 5.95 Å². The number of aromatic nitrogens is 2. The number of nitrogens with one attached hydrogen (secondary N) is 1. The summed E-state index contributed by atoms with van der Waals surface area (Å²) in [5.41, 5.74) is 0. The highest BCUT2D eigenvalue weighted by Gasteiger charge is 2.36. The topological polar surface area (TPSA) is 44.3 Å². The number of piperazine rings is 1. The molecule has 1 saturated carbocycles. The minimum absolute atomic E-state index is 0.799. The van der Waals surface area contributed by atoms with E-state index in [-0.39, 0.29) is 0 Å². The molecule has 21 heavy (non-hydrogen) atoms. The Morgan fingerprint density at radius 2 is 1.90 bits per heavy atom. The van der Waals surface area contributed by atoms with Gasteiger partial charge in [-0.05, 0) is 44.3 Å². The highest BCUT2D eigenvalue weighted by Crippen LogP contribution is 2.32. The molecule has 1 aromatic heterocycles. The highest BCUT2D eigenvalue weighted by atomic mass is 15.3. The number of anilines is 1. The molecule has 0 aromatic carbocycles. The summed E-state index contributed by atoms with van der Waals surface area (Å²) in [7, 11) is 0. The first kappa shape index (κ1) is 14.7. The molecule has 2 unspecified atom stereocenters. The minimum Gasteiger partial charge on any atom is -0.338 e. The second kappa shape index (κ2) is 7.18. The Kier molecular flexibility index (Phi) is 5.04. The summed E-state index contributed by atoms with van der Waals surface area (Å²) in [6.45, 7) is 8.98. The molecule has 3 rings (SSSR count). The molecule has 116 valence electrons. The second-order valence-electron chi connectivity index (χ2n) is 6.18. The van der Waals surface area contributed by atoms with E-state index in [0.717, 1.165) is 50.6 Å². The Labute approximate surface area is 127 Å². The summed E-state index contributed by atoms with van der Waals surface area (Å²) in [5, 5.41) is 3.58. The number of rotatable bonds is 6. The quantitative estimate of drug-likeness (QED) is 0.802. The lowest BCUT2D eigenvalue weighted by Gasteiger charge is -2.47. The van der Waals surface area contributed by atoms with Gasteiger partial charge in [0.25, 0.3) is 0 Å². The van der Waals surface area contributed by atoms with Gasteiger partial charge < -0.3 is 10.2 Å². The van der Waals surface area contributed by atoms with Crippen LogP contribution in [-0.4, -0.2) is 60.2 Å².